The van der Waals surface area contributed by atoms with Gasteiger partial charge < -0.3 is 4.74 Å². The molecule has 3 nitrogen and oxygen atoms in total. The highest BCUT2D eigenvalue weighted by Crippen LogP contribution is 2.51. The Kier molecular flexibility index (Phi) is 2.83. The van der Waals surface area contributed by atoms with Crippen molar-refractivity contribution in [1.82, 2.24) is 4.90 Å². The third-order valence-electron chi connectivity index (χ3n) is 5.10. The molecule has 0 radical (unpaired) electrons. The van der Waals surface area contributed by atoms with E-state index in [1.54, 1.807) is 0 Å². The Balaban J connectivity index is 2.02. The van der Waals surface area contributed by atoms with Crippen LogP contribution in [0.1, 0.15) is 52.4 Å². The summed E-state index contributed by atoms with van der Waals surface area (Å²) in [5, 5.41) is 0. The van der Waals surface area contributed by atoms with E-state index in [4.69, 9.17) is 4.74 Å². The number of ketones is 1. The molecule has 3 heteroatoms. The van der Waals surface area contributed by atoms with Crippen LogP contribution in [-0.4, -0.2) is 30.5 Å². The van der Waals surface area contributed by atoms with Gasteiger partial charge >= 0.3 is 0 Å². The largest absolute Gasteiger partial charge is 0.476 e. The van der Waals surface area contributed by atoms with Crippen LogP contribution in [0.2, 0.25) is 0 Å². The molecule has 0 unspecified atom stereocenters. The molecule has 0 N–H and O–H groups in total. The molecule has 1 aliphatic heterocycles. The molecule has 0 amide bonds. The molecule has 2 atom stereocenters. The Morgan fingerprint density at radius 2 is 2.00 bits per heavy atom. The van der Waals surface area contributed by atoms with Crippen LogP contribution < -0.4 is 0 Å². The first kappa shape index (κ1) is 13.2. The zero-order valence-electron chi connectivity index (χ0n) is 12.6. The molecule has 1 saturated carbocycles. The van der Waals surface area contributed by atoms with Gasteiger partial charge in [-0.3, -0.25) is 9.69 Å². The van der Waals surface area contributed by atoms with Gasteiger partial charge in [-0.1, -0.05) is 13.8 Å². The van der Waals surface area contributed by atoms with Gasteiger partial charge in [-0.15, -0.1) is 0 Å². The third-order valence-corrected chi connectivity index (χ3v) is 5.10. The summed E-state index contributed by atoms with van der Waals surface area (Å²) in [5.41, 5.74) is 0.932. The van der Waals surface area contributed by atoms with Crippen molar-refractivity contribution in [2.24, 2.45) is 11.3 Å². The number of carbonyl (C=O) groups excluding carboxylic acids is 1. The Morgan fingerprint density at radius 1 is 1.26 bits per heavy atom. The monoisotopic (exact) mass is 263 g/mol. The molecule has 3 rings (SSSR count). The third kappa shape index (κ3) is 2.03. The molecule has 0 aromatic rings. The summed E-state index contributed by atoms with van der Waals surface area (Å²) in [6.45, 7) is 4.34. The Hall–Kier alpha value is -0.830. The van der Waals surface area contributed by atoms with Crippen molar-refractivity contribution < 1.29 is 9.53 Å². The van der Waals surface area contributed by atoms with Crippen molar-refractivity contribution in [2.45, 2.75) is 58.1 Å². The summed E-state index contributed by atoms with van der Waals surface area (Å²) in [4.78, 5) is 14.7. The Morgan fingerprint density at radius 3 is 2.68 bits per heavy atom. The number of carbonyl (C=O) groups is 1. The molecule has 3 aliphatic rings. The van der Waals surface area contributed by atoms with Gasteiger partial charge in [0.1, 0.15) is 5.76 Å². The fourth-order valence-electron chi connectivity index (χ4n) is 4.10. The van der Waals surface area contributed by atoms with Gasteiger partial charge in [-0.2, -0.15) is 0 Å². The van der Waals surface area contributed by atoms with Crippen molar-refractivity contribution in [3.8, 4) is 0 Å². The standard InChI is InChI=1S/C16H25NO2/c1-15(2)9-12(18)14-11-6-5-7-16(8-11,17(3)4)19-13(14)10-15/h11H,5-10H2,1-4H3/t11-,16-/m0/s1. The van der Waals surface area contributed by atoms with Crippen LogP contribution in [0.15, 0.2) is 11.3 Å². The maximum Gasteiger partial charge on any atom is 0.163 e. The zero-order valence-corrected chi connectivity index (χ0v) is 12.6. The maximum atomic E-state index is 12.5. The number of rotatable bonds is 1. The fourth-order valence-corrected chi connectivity index (χ4v) is 4.10. The lowest BCUT2D eigenvalue weighted by atomic mass is 9.67. The summed E-state index contributed by atoms with van der Waals surface area (Å²) in [7, 11) is 4.20. The SMILES string of the molecule is CN(C)[C@]12CCC[C@@H](C1)C1=C(CC(C)(C)CC1=O)O2. The molecule has 2 bridgehead atoms. The minimum Gasteiger partial charge on any atom is -0.476 e. The maximum absolute atomic E-state index is 12.5. The molecule has 1 heterocycles. The van der Waals surface area contributed by atoms with Gasteiger partial charge in [0.2, 0.25) is 0 Å². The molecule has 0 spiro atoms. The molecule has 1 fully saturated rings. The Labute approximate surface area is 116 Å². The van der Waals surface area contributed by atoms with E-state index in [9.17, 15) is 4.79 Å². The van der Waals surface area contributed by atoms with E-state index in [1.165, 1.54) is 0 Å². The molecular weight excluding hydrogens is 238 g/mol. The smallest absolute Gasteiger partial charge is 0.163 e. The van der Waals surface area contributed by atoms with Crippen molar-refractivity contribution in [2.75, 3.05) is 14.1 Å². The highest BCUT2D eigenvalue weighted by Gasteiger charge is 2.50. The van der Waals surface area contributed by atoms with Crippen LogP contribution in [0.5, 0.6) is 0 Å². The highest BCUT2D eigenvalue weighted by molar-refractivity contribution is 5.97. The van der Waals surface area contributed by atoms with E-state index in [0.29, 0.717) is 18.1 Å². The predicted octanol–water partition coefficient (Wildman–Crippen LogP) is 3.11. The number of fused-ring (bicyclic) bond motifs is 3. The van der Waals surface area contributed by atoms with E-state index >= 15 is 0 Å². The van der Waals surface area contributed by atoms with Crippen LogP contribution in [0.3, 0.4) is 0 Å². The van der Waals surface area contributed by atoms with Crippen LogP contribution in [0.25, 0.3) is 0 Å². The average molecular weight is 263 g/mol. The summed E-state index contributed by atoms with van der Waals surface area (Å²) in [6, 6.07) is 0. The van der Waals surface area contributed by atoms with Gasteiger partial charge in [0.25, 0.3) is 0 Å². The van der Waals surface area contributed by atoms with Crippen molar-refractivity contribution in [3.63, 3.8) is 0 Å². The van der Waals surface area contributed by atoms with Gasteiger partial charge in [-0.25, -0.2) is 0 Å². The molecule has 0 saturated heterocycles. The van der Waals surface area contributed by atoms with Crippen LogP contribution >= 0.6 is 0 Å². The second-order valence-electron chi connectivity index (χ2n) is 7.51. The zero-order chi connectivity index (χ0) is 13.8. The molecule has 0 aromatic carbocycles. The molecule has 2 aliphatic carbocycles. The predicted molar refractivity (Wildman–Crippen MR) is 74.5 cm³/mol. The first-order valence-electron chi connectivity index (χ1n) is 7.46. The minimum absolute atomic E-state index is 0.0507. The number of ether oxygens (including phenoxy) is 1. The molecular formula is C16H25NO2. The highest BCUT2D eigenvalue weighted by atomic mass is 16.5. The lowest BCUT2D eigenvalue weighted by molar-refractivity contribution is -0.161. The lowest BCUT2D eigenvalue weighted by Gasteiger charge is -2.52. The summed E-state index contributed by atoms with van der Waals surface area (Å²) >= 11 is 0. The number of hydrogen-bond donors (Lipinski definition) is 0. The van der Waals surface area contributed by atoms with Crippen LogP contribution in [-0.2, 0) is 9.53 Å². The fraction of sp³-hybridized carbons (Fsp3) is 0.812. The summed E-state index contributed by atoms with van der Waals surface area (Å²) < 4.78 is 6.40. The van der Waals surface area contributed by atoms with Crippen molar-refractivity contribution in [1.29, 1.82) is 0 Å². The number of hydrogen-bond acceptors (Lipinski definition) is 3. The lowest BCUT2D eigenvalue weighted by Crippen LogP contribution is -2.54. The first-order chi connectivity index (χ1) is 8.83. The topological polar surface area (TPSA) is 29.5 Å². The number of nitrogens with zero attached hydrogens (tertiary/aromatic N) is 1. The summed E-state index contributed by atoms with van der Waals surface area (Å²) in [5.74, 6) is 1.78. The first-order valence-corrected chi connectivity index (χ1v) is 7.46. The quantitative estimate of drug-likeness (QED) is 0.728. The minimum atomic E-state index is -0.157. The van der Waals surface area contributed by atoms with Crippen molar-refractivity contribution in [3.05, 3.63) is 11.3 Å². The van der Waals surface area contributed by atoms with E-state index in [0.717, 1.165) is 43.4 Å². The van der Waals surface area contributed by atoms with Gasteiger partial charge in [0.15, 0.2) is 11.5 Å². The van der Waals surface area contributed by atoms with E-state index in [1.807, 2.05) is 0 Å². The second kappa shape index (κ2) is 4.08. The van der Waals surface area contributed by atoms with Crippen LogP contribution in [0.4, 0.5) is 0 Å². The molecule has 106 valence electrons. The Bertz CT molecular complexity index is 450. The van der Waals surface area contributed by atoms with Gasteiger partial charge in [0, 0.05) is 31.3 Å². The van der Waals surface area contributed by atoms with E-state index in [2.05, 4.69) is 32.8 Å². The number of allylic oxidation sites excluding steroid dienone is 2. The van der Waals surface area contributed by atoms with E-state index in [-0.39, 0.29) is 11.1 Å². The average Bonchev–Trinajstić information content (AvgIpc) is 2.25. The van der Waals surface area contributed by atoms with Gasteiger partial charge in [0.05, 0.1) is 0 Å². The van der Waals surface area contributed by atoms with Crippen molar-refractivity contribution >= 4 is 5.78 Å². The van der Waals surface area contributed by atoms with E-state index < -0.39 is 0 Å². The second-order valence-corrected chi connectivity index (χ2v) is 7.51. The molecule has 0 aromatic heterocycles. The molecule has 19 heavy (non-hydrogen) atoms. The van der Waals surface area contributed by atoms with Gasteiger partial charge in [-0.05, 0) is 38.3 Å². The van der Waals surface area contributed by atoms with Crippen LogP contribution in [0, 0.1) is 11.3 Å². The normalized spacial score (nSPS) is 37.1. The number of Topliss-reactive ketones (excluding diaryl/α,β-unsaturated/α-hetero) is 1. The summed E-state index contributed by atoms with van der Waals surface area (Å²) in [6.07, 6.45) is 5.99.